The first-order valence-electron chi connectivity index (χ1n) is 6.56. The van der Waals surface area contributed by atoms with E-state index >= 15 is 0 Å². The molecule has 3 N–H and O–H groups in total. The quantitative estimate of drug-likeness (QED) is 0.800. The number of nitrogens with one attached hydrogen (secondary N) is 1. The van der Waals surface area contributed by atoms with E-state index in [2.05, 4.69) is 5.32 Å². The summed E-state index contributed by atoms with van der Waals surface area (Å²) in [5.74, 6) is -0.912. The molecule has 3 rings (SSSR count). The van der Waals surface area contributed by atoms with Crippen LogP contribution in [0.3, 0.4) is 0 Å². The van der Waals surface area contributed by atoms with Crippen LogP contribution in [0.15, 0.2) is 12.1 Å². The first kappa shape index (κ1) is 12.4. The van der Waals surface area contributed by atoms with Crippen molar-refractivity contribution >= 4 is 11.6 Å². The van der Waals surface area contributed by atoms with E-state index in [0.29, 0.717) is 11.3 Å². The molecule has 2 fully saturated rings. The van der Waals surface area contributed by atoms with Crippen molar-refractivity contribution in [3.63, 3.8) is 0 Å². The number of fused-ring (bicyclic) bond motifs is 2. The van der Waals surface area contributed by atoms with Crippen molar-refractivity contribution in [3.8, 4) is 0 Å². The summed E-state index contributed by atoms with van der Waals surface area (Å²) in [7, 11) is 0. The predicted octanol–water partition coefficient (Wildman–Crippen LogP) is 1.77. The summed E-state index contributed by atoms with van der Waals surface area (Å²) in [6.07, 6.45) is 3.18. The van der Waals surface area contributed by atoms with Gasteiger partial charge in [0, 0.05) is 5.69 Å². The fraction of sp³-hybridized carbons (Fsp3) is 0.500. The molecule has 4 nitrogen and oxygen atoms in total. The Morgan fingerprint density at radius 3 is 2.89 bits per heavy atom. The van der Waals surface area contributed by atoms with E-state index in [1.807, 2.05) is 0 Å². The second kappa shape index (κ2) is 4.49. The lowest BCUT2D eigenvalue weighted by atomic mass is 9.95. The number of carbonyl (C=O) groups is 1. The summed E-state index contributed by atoms with van der Waals surface area (Å²) in [6, 6.07) is 2.89. The van der Waals surface area contributed by atoms with Gasteiger partial charge in [0.05, 0.1) is 23.8 Å². The Balaban J connectivity index is 1.77. The van der Waals surface area contributed by atoms with Gasteiger partial charge in [-0.2, -0.15) is 0 Å². The number of aryl methyl sites for hydroxylation is 1. The van der Waals surface area contributed by atoms with E-state index in [-0.39, 0.29) is 23.8 Å². The number of hydrogen-bond acceptors (Lipinski definition) is 3. The normalized spacial score (nSPS) is 28.6. The predicted molar refractivity (Wildman–Crippen MR) is 69.3 cm³/mol. The smallest absolute Gasteiger partial charge is 0.254 e. The Labute approximate surface area is 111 Å². The van der Waals surface area contributed by atoms with Crippen LogP contribution in [-0.2, 0) is 4.74 Å². The summed E-state index contributed by atoms with van der Waals surface area (Å²) in [5.41, 5.74) is 6.46. The zero-order valence-electron chi connectivity index (χ0n) is 10.8. The molecule has 102 valence electrons. The van der Waals surface area contributed by atoms with E-state index in [4.69, 9.17) is 10.5 Å². The molecular weight excluding hydrogens is 247 g/mol. The summed E-state index contributed by atoms with van der Waals surface area (Å²) in [5, 5.41) is 2.86. The number of anilines is 1. The molecule has 3 atom stereocenters. The number of ether oxygens (including phenoxy) is 1. The van der Waals surface area contributed by atoms with Crippen LogP contribution in [0, 0.1) is 12.7 Å². The summed E-state index contributed by atoms with van der Waals surface area (Å²) < 4.78 is 19.6. The van der Waals surface area contributed by atoms with Crippen molar-refractivity contribution in [2.45, 2.75) is 44.4 Å². The monoisotopic (exact) mass is 264 g/mol. The van der Waals surface area contributed by atoms with Gasteiger partial charge in [0.25, 0.3) is 5.91 Å². The van der Waals surface area contributed by atoms with Gasteiger partial charge in [-0.1, -0.05) is 0 Å². The molecule has 0 spiro atoms. The van der Waals surface area contributed by atoms with Gasteiger partial charge >= 0.3 is 0 Å². The number of halogens is 1. The third kappa shape index (κ3) is 2.18. The average molecular weight is 264 g/mol. The zero-order chi connectivity index (χ0) is 13.6. The maximum Gasteiger partial charge on any atom is 0.254 e. The van der Waals surface area contributed by atoms with Crippen molar-refractivity contribution in [3.05, 3.63) is 29.1 Å². The second-order valence-electron chi connectivity index (χ2n) is 5.39. The molecule has 1 amide bonds. The minimum atomic E-state index is -0.504. The van der Waals surface area contributed by atoms with Gasteiger partial charge in [-0.25, -0.2) is 4.39 Å². The fourth-order valence-corrected chi connectivity index (χ4v) is 3.00. The number of nitrogen functional groups attached to an aromatic ring is 1. The summed E-state index contributed by atoms with van der Waals surface area (Å²) in [6.45, 7) is 1.60. The Morgan fingerprint density at radius 2 is 2.26 bits per heavy atom. The molecule has 5 heteroatoms. The van der Waals surface area contributed by atoms with Gasteiger partial charge in [-0.3, -0.25) is 4.79 Å². The first-order valence-corrected chi connectivity index (χ1v) is 6.56. The van der Waals surface area contributed by atoms with E-state index < -0.39 is 11.7 Å². The fourth-order valence-electron chi connectivity index (χ4n) is 3.00. The molecule has 2 aliphatic rings. The molecule has 1 aromatic carbocycles. The van der Waals surface area contributed by atoms with Crippen molar-refractivity contribution in [1.29, 1.82) is 0 Å². The molecular formula is C14H17FN2O2. The first-order chi connectivity index (χ1) is 9.04. The molecule has 2 bridgehead atoms. The van der Waals surface area contributed by atoms with Gasteiger partial charge in [0.2, 0.25) is 0 Å². The van der Waals surface area contributed by atoms with Crippen LogP contribution in [-0.4, -0.2) is 24.2 Å². The number of rotatable bonds is 2. The maximum absolute atomic E-state index is 13.9. The minimum Gasteiger partial charge on any atom is -0.399 e. The number of nitrogens with two attached hydrogens (primary N) is 1. The van der Waals surface area contributed by atoms with Crippen LogP contribution >= 0.6 is 0 Å². The van der Waals surface area contributed by atoms with E-state index in [1.54, 1.807) is 6.92 Å². The third-order valence-corrected chi connectivity index (χ3v) is 3.94. The van der Waals surface area contributed by atoms with Gasteiger partial charge < -0.3 is 15.8 Å². The molecule has 0 aromatic heterocycles. The lowest BCUT2D eigenvalue weighted by molar-refractivity contribution is 0.0838. The van der Waals surface area contributed by atoms with Crippen LogP contribution in [0.2, 0.25) is 0 Å². The Morgan fingerprint density at radius 1 is 1.47 bits per heavy atom. The van der Waals surface area contributed by atoms with Gasteiger partial charge in [0.15, 0.2) is 0 Å². The average Bonchev–Trinajstić information content (AvgIpc) is 2.95. The highest BCUT2D eigenvalue weighted by Gasteiger charge is 2.41. The molecule has 1 aromatic rings. The number of hydrogen-bond donors (Lipinski definition) is 2. The molecule has 2 heterocycles. The Hall–Kier alpha value is -1.62. The molecule has 0 radical (unpaired) electrons. The van der Waals surface area contributed by atoms with E-state index in [1.165, 1.54) is 12.1 Å². The Bertz CT molecular complexity index is 532. The van der Waals surface area contributed by atoms with Gasteiger partial charge in [-0.05, 0) is 43.9 Å². The largest absolute Gasteiger partial charge is 0.399 e. The Kier molecular flexibility index (Phi) is 2.93. The van der Waals surface area contributed by atoms with Crippen molar-refractivity contribution in [2.75, 3.05) is 5.73 Å². The SMILES string of the molecule is Cc1cc(N)cc(C(=O)NC2CC3CCC2O3)c1F. The van der Waals surface area contributed by atoms with Crippen LogP contribution in [0.1, 0.15) is 35.2 Å². The summed E-state index contributed by atoms with van der Waals surface area (Å²) in [4.78, 5) is 12.1. The van der Waals surface area contributed by atoms with Gasteiger partial charge in [0.1, 0.15) is 5.82 Å². The highest BCUT2D eigenvalue weighted by Crippen LogP contribution is 2.34. The lowest BCUT2D eigenvalue weighted by Crippen LogP contribution is -2.41. The molecule has 19 heavy (non-hydrogen) atoms. The third-order valence-electron chi connectivity index (χ3n) is 3.94. The van der Waals surface area contributed by atoms with Crippen molar-refractivity contribution < 1.29 is 13.9 Å². The zero-order valence-corrected chi connectivity index (χ0v) is 10.8. The molecule has 0 aliphatic carbocycles. The number of amides is 1. The van der Waals surface area contributed by atoms with Crippen LogP contribution < -0.4 is 11.1 Å². The minimum absolute atomic E-state index is 0.00705. The highest BCUT2D eigenvalue weighted by molar-refractivity contribution is 5.95. The van der Waals surface area contributed by atoms with E-state index in [0.717, 1.165) is 19.3 Å². The molecule has 2 aliphatic heterocycles. The van der Waals surface area contributed by atoms with Crippen molar-refractivity contribution in [1.82, 2.24) is 5.32 Å². The van der Waals surface area contributed by atoms with Crippen molar-refractivity contribution in [2.24, 2.45) is 0 Å². The maximum atomic E-state index is 13.9. The second-order valence-corrected chi connectivity index (χ2v) is 5.39. The van der Waals surface area contributed by atoms with Crippen LogP contribution in [0.4, 0.5) is 10.1 Å². The summed E-state index contributed by atoms with van der Waals surface area (Å²) >= 11 is 0. The number of benzene rings is 1. The molecule has 3 unspecified atom stereocenters. The number of carbonyl (C=O) groups excluding carboxylic acids is 1. The molecule has 0 saturated carbocycles. The van der Waals surface area contributed by atoms with Crippen LogP contribution in [0.5, 0.6) is 0 Å². The molecule has 2 saturated heterocycles. The van der Waals surface area contributed by atoms with Gasteiger partial charge in [-0.15, -0.1) is 0 Å². The topological polar surface area (TPSA) is 64.4 Å². The highest BCUT2D eigenvalue weighted by atomic mass is 19.1. The standard InChI is InChI=1S/C14H17FN2O2/c1-7-4-8(16)5-10(13(7)15)14(18)17-11-6-9-2-3-12(11)19-9/h4-5,9,11-12H,2-3,6,16H2,1H3,(H,17,18). The van der Waals surface area contributed by atoms with Crippen LogP contribution in [0.25, 0.3) is 0 Å². The lowest BCUT2D eigenvalue weighted by Gasteiger charge is -2.20. The van der Waals surface area contributed by atoms with E-state index in [9.17, 15) is 9.18 Å².